The Morgan fingerprint density at radius 3 is 1.96 bits per heavy atom. The number of unbranched alkanes of at least 4 members (excludes halogenated alkanes) is 4. The third-order valence-corrected chi connectivity index (χ3v) is 7.62. The van der Waals surface area contributed by atoms with Crippen LogP contribution in [0.2, 0.25) is 0 Å². The van der Waals surface area contributed by atoms with E-state index in [4.69, 9.17) is 5.14 Å². The Labute approximate surface area is 171 Å². The van der Waals surface area contributed by atoms with Crippen LogP contribution in [-0.4, -0.2) is 8.42 Å². The van der Waals surface area contributed by atoms with E-state index in [0.717, 1.165) is 36.8 Å². The van der Waals surface area contributed by atoms with Crippen LogP contribution in [0.4, 0.5) is 0 Å². The Balaban J connectivity index is 2.46. The minimum Gasteiger partial charge on any atom is -0.228 e. The van der Waals surface area contributed by atoms with Crippen LogP contribution in [0.1, 0.15) is 69.9 Å². The molecule has 2 aromatic carbocycles. The van der Waals surface area contributed by atoms with E-state index < -0.39 is 14.8 Å². The standard InChI is InChI=1S/C24H35NO2S/c1-3-5-6-7-12-17-22(4-2)24(28(25,26)27,23-18-13-9-14-19-23)20-21-15-10-8-11-16-21/h8-11,13-16,18-19,22H,3-7,12,17,20H2,1-2H3,(H2,25,26,27). The first-order chi connectivity index (χ1) is 13.5. The van der Waals surface area contributed by atoms with Gasteiger partial charge in [-0.1, -0.05) is 113 Å². The maximum Gasteiger partial charge on any atom is 0.219 e. The van der Waals surface area contributed by atoms with Gasteiger partial charge < -0.3 is 0 Å². The zero-order valence-electron chi connectivity index (χ0n) is 17.3. The smallest absolute Gasteiger partial charge is 0.219 e. The lowest BCUT2D eigenvalue weighted by Crippen LogP contribution is -2.48. The number of sulfonamides is 1. The minimum absolute atomic E-state index is 0.0215. The van der Waals surface area contributed by atoms with Gasteiger partial charge in [-0.3, -0.25) is 0 Å². The molecule has 4 heteroatoms. The third kappa shape index (κ3) is 5.45. The van der Waals surface area contributed by atoms with Crippen molar-refractivity contribution >= 4 is 10.0 Å². The molecule has 0 bridgehead atoms. The molecule has 2 rings (SSSR count). The summed E-state index contributed by atoms with van der Waals surface area (Å²) in [6, 6.07) is 19.5. The Kier molecular flexibility index (Phi) is 8.71. The van der Waals surface area contributed by atoms with Crippen molar-refractivity contribution in [2.45, 2.75) is 70.0 Å². The summed E-state index contributed by atoms with van der Waals surface area (Å²) in [5, 5.41) is 6.00. The molecular formula is C24H35NO2S. The predicted molar refractivity (Wildman–Crippen MR) is 119 cm³/mol. The molecule has 28 heavy (non-hydrogen) atoms. The van der Waals surface area contributed by atoms with Gasteiger partial charge in [0.15, 0.2) is 0 Å². The number of primary sulfonamides is 1. The van der Waals surface area contributed by atoms with Crippen molar-refractivity contribution in [2.24, 2.45) is 11.1 Å². The molecule has 2 N–H and O–H groups in total. The fourth-order valence-electron chi connectivity index (χ4n) is 4.36. The van der Waals surface area contributed by atoms with Crippen molar-refractivity contribution in [3.05, 3.63) is 71.8 Å². The van der Waals surface area contributed by atoms with E-state index in [-0.39, 0.29) is 5.92 Å². The number of benzene rings is 2. The molecule has 0 saturated carbocycles. The molecule has 0 saturated heterocycles. The van der Waals surface area contributed by atoms with Crippen LogP contribution in [0, 0.1) is 5.92 Å². The normalized spacial score (nSPS) is 15.1. The Morgan fingerprint density at radius 2 is 1.43 bits per heavy atom. The summed E-state index contributed by atoms with van der Waals surface area (Å²) in [5.74, 6) is -0.0215. The Bertz CT molecular complexity index is 790. The van der Waals surface area contributed by atoms with Crippen molar-refractivity contribution < 1.29 is 8.42 Å². The third-order valence-electron chi connectivity index (χ3n) is 5.89. The van der Waals surface area contributed by atoms with Crippen LogP contribution in [-0.2, 0) is 21.2 Å². The average Bonchev–Trinajstić information content (AvgIpc) is 2.70. The lowest BCUT2D eigenvalue weighted by molar-refractivity contribution is 0.313. The maximum atomic E-state index is 13.2. The van der Waals surface area contributed by atoms with Crippen molar-refractivity contribution in [3.63, 3.8) is 0 Å². The molecule has 0 aliphatic rings. The fraction of sp³-hybridized carbons (Fsp3) is 0.500. The maximum absolute atomic E-state index is 13.2. The van der Waals surface area contributed by atoms with Crippen molar-refractivity contribution in [1.82, 2.24) is 0 Å². The van der Waals surface area contributed by atoms with Crippen molar-refractivity contribution in [1.29, 1.82) is 0 Å². The van der Waals surface area contributed by atoms with E-state index in [9.17, 15) is 8.42 Å². The van der Waals surface area contributed by atoms with E-state index in [1.165, 1.54) is 19.3 Å². The Morgan fingerprint density at radius 1 is 0.857 bits per heavy atom. The van der Waals surface area contributed by atoms with Crippen molar-refractivity contribution in [2.75, 3.05) is 0 Å². The van der Waals surface area contributed by atoms with Crippen LogP contribution in [0.25, 0.3) is 0 Å². The molecule has 0 aliphatic carbocycles. The molecule has 0 aromatic heterocycles. The first kappa shape index (κ1) is 22.6. The van der Waals surface area contributed by atoms with Crippen LogP contribution in [0.3, 0.4) is 0 Å². The molecule has 2 aromatic rings. The van der Waals surface area contributed by atoms with E-state index in [0.29, 0.717) is 6.42 Å². The van der Waals surface area contributed by atoms with Gasteiger partial charge in [0.25, 0.3) is 0 Å². The molecule has 2 unspecified atom stereocenters. The van der Waals surface area contributed by atoms with Gasteiger partial charge in [0.05, 0.1) is 0 Å². The van der Waals surface area contributed by atoms with Gasteiger partial charge in [0, 0.05) is 0 Å². The molecule has 3 nitrogen and oxygen atoms in total. The van der Waals surface area contributed by atoms with Gasteiger partial charge in [-0.2, -0.15) is 0 Å². The molecule has 0 aliphatic heterocycles. The molecule has 0 spiro atoms. The lowest BCUT2D eigenvalue weighted by Gasteiger charge is -2.39. The minimum atomic E-state index is -3.84. The molecule has 0 amide bonds. The highest BCUT2D eigenvalue weighted by Gasteiger charge is 2.48. The summed E-state index contributed by atoms with van der Waals surface area (Å²) in [5.41, 5.74) is 1.81. The first-order valence-electron chi connectivity index (χ1n) is 10.6. The number of rotatable bonds is 12. The summed E-state index contributed by atoms with van der Waals surface area (Å²) >= 11 is 0. The van der Waals surface area contributed by atoms with Gasteiger partial charge in [-0.25, -0.2) is 13.6 Å². The van der Waals surface area contributed by atoms with Gasteiger partial charge in [0.1, 0.15) is 4.75 Å². The number of nitrogens with two attached hydrogens (primary N) is 1. The number of hydrogen-bond acceptors (Lipinski definition) is 2. The lowest BCUT2D eigenvalue weighted by atomic mass is 9.76. The van der Waals surface area contributed by atoms with E-state index in [1.807, 2.05) is 60.7 Å². The second-order valence-corrected chi connectivity index (χ2v) is 9.59. The van der Waals surface area contributed by atoms with Crippen LogP contribution in [0.5, 0.6) is 0 Å². The van der Waals surface area contributed by atoms with Gasteiger partial charge in [0.2, 0.25) is 10.0 Å². The largest absolute Gasteiger partial charge is 0.228 e. The second kappa shape index (κ2) is 10.8. The molecule has 0 heterocycles. The van der Waals surface area contributed by atoms with Gasteiger partial charge in [-0.05, 0) is 29.9 Å². The highest BCUT2D eigenvalue weighted by atomic mass is 32.2. The van der Waals surface area contributed by atoms with Gasteiger partial charge in [-0.15, -0.1) is 0 Å². The molecular weight excluding hydrogens is 366 g/mol. The molecule has 154 valence electrons. The van der Waals surface area contributed by atoms with Crippen LogP contribution in [0.15, 0.2) is 60.7 Å². The SMILES string of the molecule is CCCCCCCC(CC)C(Cc1ccccc1)(c1ccccc1)S(N)(=O)=O. The first-order valence-corrected chi connectivity index (χ1v) is 12.1. The molecule has 0 fully saturated rings. The summed E-state index contributed by atoms with van der Waals surface area (Å²) in [6.45, 7) is 4.29. The monoisotopic (exact) mass is 401 g/mol. The van der Waals surface area contributed by atoms with Gasteiger partial charge >= 0.3 is 0 Å². The zero-order valence-corrected chi connectivity index (χ0v) is 18.1. The summed E-state index contributed by atoms with van der Waals surface area (Å²) < 4.78 is 25.2. The quantitative estimate of drug-likeness (QED) is 0.457. The second-order valence-electron chi connectivity index (χ2n) is 7.77. The number of hydrogen-bond donors (Lipinski definition) is 1. The zero-order chi connectivity index (χ0) is 20.5. The highest BCUT2D eigenvalue weighted by molar-refractivity contribution is 7.90. The average molecular weight is 402 g/mol. The molecule has 2 atom stereocenters. The van der Waals surface area contributed by atoms with Crippen molar-refractivity contribution in [3.8, 4) is 0 Å². The van der Waals surface area contributed by atoms with Crippen LogP contribution >= 0.6 is 0 Å². The predicted octanol–water partition coefficient (Wildman–Crippen LogP) is 5.80. The topological polar surface area (TPSA) is 60.2 Å². The van der Waals surface area contributed by atoms with E-state index in [1.54, 1.807) is 0 Å². The summed E-state index contributed by atoms with van der Waals surface area (Å²) in [6.07, 6.45) is 7.90. The fourth-order valence-corrected chi connectivity index (χ4v) is 5.94. The van der Waals surface area contributed by atoms with E-state index >= 15 is 0 Å². The summed E-state index contributed by atoms with van der Waals surface area (Å²) in [7, 11) is -3.84. The Hall–Kier alpha value is -1.65. The van der Waals surface area contributed by atoms with E-state index in [2.05, 4.69) is 13.8 Å². The summed E-state index contributed by atoms with van der Waals surface area (Å²) in [4.78, 5) is 0. The molecule has 0 radical (unpaired) electrons. The highest BCUT2D eigenvalue weighted by Crippen LogP contribution is 2.44. The van der Waals surface area contributed by atoms with Crippen LogP contribution < -0.4 is 5.14 Å².